The average molecular weight is 416 g/mol. The van der Waals surface area contributed by atoms with Gasteiger partial charge in [0.05, 0.1) is 26.4 Å². The van der Waals surface area contributed by atoms with Crippen molar-refractivity contribution >= 4 is 0 Å². The average Bonchev–Trinajstić information content (AvgIpc) is 2.73. The number of ether oxygens (including phenoxy) is 4. The highest BCUT2D eigenvalue weighted by atomic mass is 16.7. The van der Waals surface area contributed by atoms with Gasteiger partial charge < -0.3 is 49.6 Å². The van der Waals surface area contributed by atoms with Crippen LogP contribution in [0.5, 0.6) is 0 Å². The first-order valence-corrected chi connectivity index (χ1v) is 9.47. The van der Waals surface area contributed by atoms with Crippen LogP contribution in [0, 0.1) is 0 Å². The molecule has 1 aromatic rings. The number of rotatable bonds is 7. The first-order valence-electron chi connectivity index (χ1n) is 9.47. The largest absolute Gasteiger partial charge is 0.394 e. The zero-order chi connectivity index (χ0) is 21.0. The van der Waals surface area contributed by atoms with E-state index >= 15 is 0 Å². The number of benzene rings is 1. The Morgan fingerprint density at radius 2 is 1.55 bits per heavy atom. The summed E-state index contributed by atoms with van der Waals surface area (Å²) in [7, 11) is 0. The van der Waals surface area contributed by atoms with Crippen LogP contribution < -0.4 is 0 Å². The third kappa shape index (κ3) is 5.30. The SMILES string of the molecule is OCC1OCC(OC2OC(COCc3ccccc3)C(O)C(O)C2O)C(O)C1O. The van der Waals surface area contributed by atoms with Crippen LogP contribution in [0.1, 0.15) is 5.56 Å². The van der Waals surface area contributed by atoms with Crippen molar-refractivity contribution in [1.82, 2.24) is 0 Å². The van der Waals surface area contributed by atoms with Crippen LogP contribution in [0.4, 0.5) is 0 Å². The Balaban J connectivity index is 1.57. The molecule has 0 amide bonds. The summed E-state index contributed by atoms with van der Waals surface area (Å²) in [4.78, 5) is 0. The maximum atomic E-state index is 10.2. The number of hydrogen-bond donors (Lipinski definition) is 6. The Kier molecular flexibility index (Phi) is 7.93. The Morgan fingerprint density at radius 3 is 2.24 bits per heavy atom. The van der Waals surface area contributed by atoms with Crippen molar-refractivity contribution in [2.75, 3.05) is 19.8 Å². The van der Waals surface area contributed by atoms with Gasteiger partial charge >= 0.3 is 0 Å². The summed E-state index contributed by atoms with van der Waals surface area (Å²) in [6.45, 7) is -0.441. The third-order valence-corrected chi connectivity index (χ3v) is 5.14. The van der Waals surface area contributed by atoms with Gasteiger partial charge in [-0.05, 0) is 5.56 Å². The molecule has 2 aliphatic rings. The summed E-state index contributed by atoms with van der Waals surface area (Å²) in [5.41, 5.74) is 0.918. The molecule has 10 nitrogen and oxygen atoms in total. The highest BCUT2D eigenvalue weighted by Crippen LogP contribution is 2.26. The van der Waals surface area contributed by atoms with Gasteiger partial charge in [-0.15, -0.1) is 0 Å². The molecule has 0 radical (unpaired) electrons. The van der Waals surface area contributed by atoms with E-state index in [9.17, 15) is 25.5 Å². The Morgan fingerprint density at radius 1 is 0.862 bits per heavy atom. The van der Waals surface area contributed by atoms with Crippen LogP contribution in [-0.4, -0.2) is 106 Å². The summed E-state index contributed by atoms with van der Waals surface area (Å²) in [6, 6.07) is 9.35. The van der Waals surface area contributed by atoms with Crippen LogP contribution in [0.2, 0.25) is 0 Å². The molecule has 9 atom stereocenters. The lowest BCUT2D eigenvalue weighted by Crippen LogP contribution is -2.62. The van der Waals surface area contributed by atoms with E-state index in [4.69, 9.17) is 24.1 Å². The van der Waals surface area contributed by atoms with Gasteiger partial charge in [-0.1, -0.05) is 30.3 Å². The van der Waals surface area contributed by atoms with Gasteiger partial charge in [0.1, 0.15) is 48.8 Å². The van der Waals surface area contributed by atoms with Crippen molar-refractivity contribution in [3.8, 4) is 0 Å². The van der Waals surface area contributed by atoms with Gasteiger partial charge in [-0.25, -0.2) is 0 Å². The highest BCUT2D eigenvalue weighted by Gasteiger charge is 2.47. The molecule has 164 valence electrons. The molecule has 1 aromatic carbocycles. The molecule has 9 unspecified atom stereocenters. The smallest absolute Gasteiger partial charge is 0.187 e. The molecule has 3 rings (SSSR count). The summed E-state index contributed by atoms with van der Waals surface area (Å²) >= 11 is 0. The Hall–Kier alpha value is -1.18. The normalized spacial score (nSPS) is 40.7. The monoisotopic (exact) mass is 416 g/mol. The van der Waals surface area contributed by atoms with Gasteiger partial charge in [0.2, 0.25) is 0 Å². The van der Waals surface area contributed by atoms with E-state index in [1.807, 2.05) is 30.3 Å². The summed E-state index contributed by atoms with van der Waals surface area (Å²) in [5.74, 6) is 0. The molecular formula is C19H28O10. The van der Waals surface area contributed by atoms with Crippen molar-refractivity contribution in [2.45, 2.75) is 61.7 Å². The zero-order valence-corrected chi connectivity index (χ0v) is 15.7. The molecule has 0 saturated carbocycles. The molecule has 2 saturated heterocycles. The standard InChI is InChI=1S/C19H28O10/c20-6-11-14(21)15(22)13(9-27-11)29-19-18(25)17(24)16(23)12(28-19)8-26-7-10-4-2-1-3-5-10/h1-5,11-25H,6-9H2. The third-order valence-electron chi connectivity index (χ3n) is 5.14. The van der Waals surface area contributed by atoms with Gasteiger partial charge in [-0.3, -0.25) is 0 Å². The lowest BCUT2D eigenvalue weighted by Gasteiger charge is -2.43. The summed E-state index contributed by atoms with van der Waals surface area (Å²) < 4.78 is 21.8. The minimum absolute atomic E-state index is 0.0708. The molecule has 2 fully saturated rings. The van der Waals surface area contributed by atoms with Gasteiger partial charge in [0.15, 0.2) is 6.29 Å². The van der Waals surface area contributed by atoms with Crippen molar-refractivity contribution in [1.29, 1.82) is 0 Å². The Labute approximate surface area is 167 Å². The minimum atomic E-state index is -1.59. The molecule has 0 bridgehead atoms. The molecule has 10 heteroatoms. The van der Waals surface area contributed by atoms with Crippen LogP contribution in [0.15, 0.2) is 30.3 Å². The summed E-state index contributed by atoms with van der Waals surface area (Å²) in [5, 5.41) is 59.7. The van der Waals surface area contributed by atoms with Crippen LogP contribution in [0.3, 0.4) is 0 Å². The van der Waals surface area contributed by atoms with Crippen LogP contribution in [-0.2, 0) is 25.6 Å². The molecule has 2 aliphatic heterocycles. The predicted molar refractivity (Wildman–Crippen MR) is 96.5 cm³/mol. The number of aliphatic hydroxyl groups is 6. The van der Waals surface area contributed by atoms with E-state index in [0.29, 0.717) is 0 Å². The van der Waals surface area contributed by atoms with Gasteiger partial charge in [-0.2, -0.15) is 0 Å². The van der Waals surface area contributed by atoms with E-state index in [1.54, 1.807) is 0 Å². The molecule has 2 heterocycles. The first-order chi connectivity index (χ1) is 13.9. The fraction of sp³-hybridized carbons (Fsp3) is 0.684. The predicted octanol–water partition coefficient (Wildman–Crippen LogP) is -2.49. The molecule has 0 aliphatic carbocycles. The van der Waals surface area contributed by atoms with E-state index in [2.05, 4.69) is 0 Å². The fourth-order valence-corrected chi connectivity index (χ4v) is 3.34. The van der Waals surface area contributed by atoms with Crippen molar-refractivity contribution < 1.29 is 49.6 Å². The van der Waals surface area contributed by atoms with Crippen LogP contribution >= 0.6 is 0 Å². The zero-order valence-electron chi connectivity index (χ0n) is 15.7. The maximum absolute atomic E-state index is 10.2. The maximum Gasteiger partial charge on any atom is 0.187 e. The van der Waals surface area contributed by atoms with Crippen molar-refractivity contribution in [3.05, 3.63) is 35.9 Å². The van der Waals surface area contributed by atoms with E-state index in [0.717, 1.165) is 5.56 Å². The molecule has 0 spiro atoms. The second-order valence-corrected chi connectivity index (χ2v) is 7.23. The molecule has 29 heavy (non-hydrogen) atoms. The first kappa shape index (κ1) is 22.5. The van der Waals surface area contributed by atoms with E-state index in [1.165, 1.54) is 0 Å². The fourth-order valence-electron chi connectivity index (χ4n) is 3.34. The van der Waals surface area contributed by atoms with E-state index < -0.39 is 61.7 Å². The Bertz CT molecular complexity index is 616. The number of hydrogen-bond acceptors (Lipinski definition) is 10. The minimum Gasteiger partial charge on any atom is -0.394 e. The molecule has 0 aromatic heterocycles. The van der Waals surface area contributed by atoms with Crippen LogP contribution in [0.25, 0.3) is 0 Å². The second-order valence-electron chi connectivity index (χ2n) is 7.23. The molecular weight excluding hydrogens is 388 g/mol. The van der Waals surface area contributed by atoms with Crippen molar-refractivity contribution in [2.24, 2.45) is 0 Å². The quantitative estimate of drug-likeness (QED) is 0.281. The summed E-state index contributed by atoms with van der Waals surface area (Å²) in [6.07, 6.45) is -11.7. The van der Waals surface area contributed by atoms with Gasteiger partial charge in [0, 0.05) is 0 Å². The highest BCUT2D eigenvalue weighted by molar-refractivity contribution is 5.13. The van der Waals surface area contributed by atoms with E-state index in [-0.39, 0.29) is 19.8 Å². The number of aliphatic hydroxyl groups excluding tert-OH is 6. The molecule has 6 N–H and O–H groups in total. The second kappa shape index (κ2) is 10.2. The lowest BCUT2D eigenvalue weighted by atomic mass is 9.98. The lowest BCUT2D eigenvalue weighted by molar-refractivity contribution is -0.333. The van der Waals surface area contributed by atoms with Gasteiger partial charge in [0.25, 0.3) is 0 Å². The van der Waals surface area contributed by atoms with Crippen molar-refractivity contribution in [3.63, 3.8) is 0 Å². The topological polar surface area (TPSA) is 158 Å².